The number of hydrogen-bond acceptors (Lipinski definition) is 4. The van der Waals surface area contributed by atoms with Gasteiger partial charge in [0.1, 0.15) is 5.76 Å². The first-order valence-corrected chi connectivity index (χ1v) is 9.39. The zero-order chi connectivity index (χ0) is 19.2. The Bertz CT molecular complexity index is 968. The highest BCUT2D eigenvalue weighted by Gasteiger charge is 2.05. The van der Waals surface area contributed by atoms with Gasteiger partial charge in [0.25, 0.3) is 0 Å². The van der Waals surface area contributed by atoms with Crippen molar-refractivity contribution in [1.29, 1.82) is 0 Å². The van der Waals surface area contributed by atoms with Gasteiger partial charge in [-0.05, 0) is 61.9 Å². The molecule has 0 bridgehead atoms. The number of halogens is 1. The third kappa shape index (κ3) is 5.64. The molecule has 2 aromatic carbocycles. The second kappa shape index (κ2) is 8.79. The molecule has 1 heterocycles. The van der Waals surface area contributed by atoms with Crippen LogP contribution in [-0.2, 0) is 0 Å². The van der Waals surface area contributed by atoms with Crippen LogP contribution in [0.5, 0.6) is 0 Å². The maximum absolute atomic E-state index is 11.9. The van der Waals surface area contributed by atoms with Gasteiger partial charge in [0, 0.05) is 15.6 Å². The highest BCUT2D eigenvalue weighted by molar-refractivity contribution is 7.99. The summed E-state index contributed by atoms with van der Waals surface area (Å²) in [6.07, 6.45) is 1.45. The molecule has 2 N–H and O–H groups in total. The number of amides is 2. The molecule has 0 spiro atoms. The topological polar surface area (TPSA) is 66.6 Å². The highest BCUT2D eigenvalue weighted by atomic mass is 35.5. The van der Waals surface area contributed by atoms with Crippen LogP contribution in [0.1, 0.15) is 16.9 Å². The highest BCUT2D eigenvalue weighted by Crippen LogP contribution is 2.29. The number of urea groups is 1. The van der Waals surface area contributed by atoms with Crippen molar-refractivity contribution in [3.63, 3.8) is 0 Å². The third-order valence-electron chi connectivity index (χ3n) is 3.62. The molecular weight excluding hydrogens is 382 g/mol. The Labute approximate surface area is 166 Å². The van der Waals surface area contributed by atoms with E-state index in [0.717, 1.165) is 26.8 Å². The van der Waals surface area contributed by atoms with E-state index in [2.05, 4.69) is 15.8 Å². The van der Waals surface area contributed by atoms with Crippen LogP contribution in [0.4, 0.5) is 10.5 Å². The van der Waals surface area contributed by atoms with Crippen LogP contribution >= 0.6 is 23.4 Å². The molecule has 0 aliphatic rings. The van der Waals surface area contributed by atoms with Crippen LogP contribution in [-0.4, -0.2) is 12.2 Å². The smallest absolute Gasteiger partial charge is 0.339 e. The molecule has 0 saturated carbocycles. The molecule has 0 atom stereocenters. The molecular formula is C20H18ClN3O2S. The van der Waals surface area contributed by atoms with Gasteiger partial charge in [0.2, 0.25) is 0 Å². The fourth-order valence-corrected chi connectivity index (χ4v) is 3.24. The number of aryl methyl sites for hydroxylation is 2. The SMILES string of the molecule is Cc1ccc(NC(=O)N/N=C/c2ccc(Sc3ccc(Cl)cc3)o2)c(C)c1. The summed E-state index contributed by atoms with van der Waals surface area (Å²) in [5.74, 6) is 0.540. The van der Waals surface area contributed by atoms with Crippen molar-refractivity contribution >= 4 is 41.3 Å². The Kier molecular flexibility index (Phi) is 6.21. The minimum absolute atomic E-state index is 0.416. The van der Waals surface area contributed by atoms with Crippen molar-refractivity contribution in [2.45, 2.75) is 23.8 Å². The largest absolute Gasteiger partial charge is 0.448 e. The fourth-order valence-electron chi connectivity index (χ4n) is 2.34. The van der Waals surface area contributed by atoms with E-state index in [1.165, 1.54) is 18.0 Å². The Morgan fingerprint density at radius 3 is 2.63 bits per heavy atom. The predicted octanol–water partition coefficient (Wildman–Crippen LogP) is 5.86. The summed E-state index contributed by atoms with van der Waals surface area (Å²) in [6.45, 7) is 3.94. The predicted molar refractivity (Wildman–Crippen MR) is 110 cm³/mol. The third-order valence-corrected chi connectivity index (χ3v) is 4.80. The molecule has 5 nitrogen and oxygen atoms in total. The summed E-state index contributed by atoms with van der Waals surface area (Å²) in [5, 5.41) is 8.08. The van der Waals surface area contributed by atoms with E-state index >= 15 is 0 Å². The average molecular weight is 400 g/mol. The summed E-state index contributed by atoms with van der Waals surface area (Å²) >= 11 is 7.35. The van der Waals surface area contributed by atoms with Crippen molar-refractivity contribution in [3.05, 3.63) is 76.5 Å². The van der Waals surface area contributed by atoms with Crippen molar-refractivity contribution in [1.82, 2.24) is 5.43 Å². The maximum atomic E-state index is 11.9. The zero-order valence-electron chi connectivity index (χ0n) is 14.8. The van der Waals surface area contributed by atoms with Crippen LogP contribution in [0.2, 0.25) is 5.02 Å². The molecule has 3 aromatic rings. The lowest BCUT2D eigenvalue weighted by Gasteiger charge is -2.08. The summed E-state index contributed by atoms with van der Waals surface area (Å²) < 4.78 is 5.66. The average Bonchev–Trinajstić information content (AvgIpc) is 3.07. The number of furan rings is 1. The van der Waals surface area contributed by atoms with Crippen molar-refractivity contribution in [2.75, 3.05) is 5.32 Å². The maximum Gasteiger partial charge on any atom is 0.339 e. The summed E-state index contributed by atoms with van der Waals surface area (Å²) in [6, 6.07) is 16.5. The Morgan fingerprint density at radius 2 is 1.89 bits per heavy atom. The van der Waals surface area contributed by atoms with Crippen molar-refractivity contribution in [2.24, 2.45) is 5.10 Å². The molecule has 0 unspecified atom stereocenters. The van der Waals surface area contributed by atoms with E-state index in [9.17, 15) is 4.79 Å². The first kappa shape index (κ1) is 19.1. The fraction of sp³-hybridized carbons (Fsp3) is 0.100. The Balaban J connectivity index is 1.53. The molecule has 27 heavy (non-hydrogen) atoms. The zero-order valence-corrected chi connectivity index (χ0v) is 16.4. The molecule has 0 aliphatic heterocycles. The second-order valence-corrected chi connectivity index (χ2v) is 7.37. The van der Waals surface area contributed by atoms with Gasteiger partial charge in [0.05, 0.1) is 6.21 Å². The molecule has 7 heteroatoms. The van der Waals surface area contributed by atoms with E-state index in [1.807, 2.05) is 62.4 Å². The molecule has 3 rings (SSSR count). The van der Waals surface area contributed by atoms with E-state index in [4.69, 9.17) is 16.0 Å². The lowest BCUT2D eigenvalue weighted by Crippen LogP contribution is -2.24. The van der Waals surface area contributed by atoms with Gasteiger partial charge in [-0.2, -0.15) is 5.10 Å². The van der Waals surface area contributed by atoms with Crippen molar-refractivity contribution < 1.29 is 9.21 Å². The van der Waals surface area contributed by atoms with Gasteiger partial charge < -0.3 is 9.73 Å². The number of benzene rings is 2. The van der Waals surface area contributed by atoms with Crippen molar-refractivity contribution in [3.8, 4) is 0 Å². The number of carbonyl (C=O) groups is 1. The van der Waals surface area contributed by atoms with E-state index in [1.54, 1.807) is 6.07 Å². The number of carbonyl (C=O) groups excluding carboxylic acids is 1. The molecule has 0 fully saturated rings. The monoisotopic (exact) mass is 399 g/mol. The van der Waals surface area contributed by atoms with Gasteiger partial charge in [0.15, 0.2) is 5.09 Å². The number of nitrogens with one attached hydrogen (secondary N) is 2. The first-order chi connectivity index (χ1) is 13.0. The lowest BCUT2D eigenvalue weighted by molar-refractivity contribution is 0.252. The molecule has 1 aromatic heterocycles. The Hall–Kier alpha value is -2.70. The van der Waals surface area contributed by atoms with Gasteiger partial charge in [-0.3, -0.25) is 0 Å². The molecule has 0 radical (unpaired) electrons. The normalized spacial score (nSPS) is 10.9. The Morgan fingerprint density at radius 1 is 1.11 bits per heavy atom. The van der Waals surface area contributed by atoms with Gasteiger partial charge in [-0.15, -0.1) is 0 Å². The minimum Gasteiger partial charge on any atom is -0.448 e. The summed E-state index contributed by atoms with van der Waals surface area (Å²) in [7, 11) is 0. The number of anilines is 1. The number of hydrogen-bond donors (Lipinski definition) is 2. The molecule has 0 aliphatic carbocycles. The first-order valence-electron chi connectivity index (χ1n) is 8.20. The van der Waals surface area contributed by atoms with E-state index in [0.29, 0.717) is 10.8 Å². The quantitative estimate of drug-likeness (QED) is 0.417. The van der Waals surface area contributed by atoms with Crippen LogP contribution in [0, 0.1) is 13.8 Å². The second-order valence-electron chi connectivity index (χ2n) is 5.86. The summed E-state index contributed by atoms with van der Waals surface area (Å²) in [5.41, 5.74) is 5.30. The van der Waals surface area contributed by atoms with Crippen LogP contribution in [0.25, 0.3) is 0 Å². The lowest BCUT2D eigenvalue weighted by atomic mass is 10.1. The number of hydrazone groups is 1. The summed E-state index contributed by atoms with van der Waals surface area (Å²) in [4.78, 5) is 12.9. The van der Waals surface area contributed by atoms with E-state index in [-0.39, 0.29) is 0 Å². The molecule has 138 valence electrons. The van der Waals surface area contributed by atoms with Gasteiger partial charge >= 0.3 is 6.03 Å². The van der Waals surface area contributed by atoms with Crippen LogP contribution < -0.4 is 10.7 Å². The molecule has 2 amide bonds. The number of rotatable bonds is 5. The molecule has 0 saturated heterocycles. The standard InChI is InChI=1S/C20H18ClN3O2S/c1-13-3-9-18(14(2)11-13)23-20(25)24-22-12-16-6-10-19(26-16)27-17-7-4-15(21)5-8-17/h3-12H,1-2H3,(H2,23,24,25)/b22-12+. The minimum atomic E-state index is -0.416. The van der Waals surface area contributed by atoms with Gasteiger partial charge in [-0.1, -0.05) is 41.1 Å². The van der Waals surface area contributed by atoms with Crippen LogP contribution in [0.3, 0.4) is 0 Å². The number of nitrogens with zero attached hydrogens (tertiary/aromatic N) is 1. The van der Waals surface area contributed by atoms with E-state index < -0.39 is 6.03 Å². The van der Waals surface area contributed by atoms with Gasteiger partial charge in [-0.25, -0.2) is 10.2 Å². The van der Waals surface area contributed by atoms with Crippen LogP contribution in [0.15, 0.2) is 74.1 Å².